The van der Waals surface area contributed by atoms with E-state index in [2.05, 4.69) is 44.5 Å². The zero-order valence-corrected chi connectivity index (χ0v) is 11.7. The van der Waals surface area contributed by atoms with Crippen LogP contribution in [0.3, 0.4) is 0 Å². The lowest BCUT2D eigenvalue weighted by Crippen LogP contribution is -2.08. The molecule has 0 amide bonds. The molecule has 94 valence electrons. The fourth-order valence-electron chi connectivity index (χ4n) is 2.13. The van der Waals surface area contributed by atoms with Gasteiger partial charge < -0.3 is 5.43 Å². The number of hydrazine groups is 1. The van der Waals surface area contributed by atoms with Gasteiger partial charge in [0.1, 0.15) is 5.82 Å². The molecule has 1 aromatic heterocycles. The molecule has 0 fully saturated rings. The molecule has 3 nitrogen and oxygen atoms in total. The Hall–Kier alpha value is -1.91. The fraction of sp³-hybridized carbons (Fsp3) is 0. The second-order valence-corrected chi connectivity index (χ2v) is 5.14. The molecule has 4 heteroatoms. The first-order valence-corrected chi connectivity index (χ1v) is 6.69. The van der Waals surface area contributed by atoms with Gasteiger partial charge in [-0.1, -0.05) is 46.3 Å². The van der Waals surface area contributed by atoms with Crippen LogP contribution in [0.15, 0.2) is 59.1 Å². The van der Waals surface area contributed by atoms with Crippen LogP contribution in [0.1, 0.15) is 0 Å². The molecule has 0 spiro atoms. The van der Waals surface area contributed by atoms with Gasteiger partial charge in [0.25, 0.3) is 0 Å². The number of hydrogen-bond acceptors (Lipinski definition) is 3. The largest absolute Gasteiger partial charge is 0.308 e. The monoisotopic (exact) mass is 313 g/mol. The smallest absolute Gasteiger partial charge is 0.141 e. The summed E-state index contributed by atoms with van der Waals surface area (Å²) in [6.07, 6.45) is 0. The van der Waals surface area contributed by atoms with Crippen molar-refractivity contribution in [1.82, 2.24) is 4.98 Å². The van der Waals surface area contributed by atoms with Crippen LogP contribution in [-0.2, 0) is 0 Å². The van der Waals surface area contributed by atoms with Crippen LogP contribution in [0.5, 0.6) is 0 Å². The first-order chi connectivity index (χ1) is 9.28. The van der Waals surface area contributed by atoms with E-state index in [1.165, 1.54) is 0 Å². The van der Waals surface area contributed by atoms with E-state index in [0.717, 1.165) is 26.5 Å². The Labute approximate surface area is 119 Å². The maximum absolute atomic E-state index is 5.50. The number of fused-ring (bicyclic) bond motifs is 1. The predicted molar refractivity (Wildman–Crippen MR) is 82.7 cm³/mol. The number of rotatable bonds is 2. The first kappa shape index (κ1) is 12.1. The number of nitrogens with zero attached hydrogens (tertiary/aromatic N) is 1. The van der Waals surface area contributed by atoms with Gasteiger partial charge in [0, 0.05) is 9.86 Å². The molecule has 0 aliphatic rings. The molecule has 0 saturated heterocycles. The third kappa shape index (κ3) is 2.32. The van der Waals surface area contributed by atoms with Crippen LogP contribution in [-0.4, -0.2) is 4.98 Å². The van der Waals surface area contributed by atoms with Crippen molar-refractivity contribution in [3.8, 4) is 11.1 Å². The van der Waals surface area contributed by atoms with Crippen LogP contribution in [0.2, 0.25) is 0 Å². The molecular formula is C15H12BrN3. The summed E-state index contributed by atoms with van der Waals surface area (Å²) in [5, 5.41) is 1.10. The molecule has 0 aliphatic heterocycles. The van der Waals surface area contributed by atoms with Crippen LogP contribution in [0.25, 0.3) is 22.0 Å². The van der Waals surface area contributed by atoms with E-state index in [1.807, 2.05) is 36.4 Å². The molecule has 0 atom stereocenters. The summed E-state index contributed by atoms with van der Waals surface area (Å²) in [5.41, 5.74) is 5.79. The third-order valence-electron chi connectivity index (χ3n) is 3.00. The number of aromatic nitrogens is 1. The molecule has 1 heterocycles. The zero-order chi connectivity index (χ0) is 13.2. The summed E-state index contributed by atoms with van der Waals surface area (Å²) in [6, 6.07) is 18.2. The second-order valence-electron chi connectivity index (χ2n) is 4.23. The van der Waals surface area contributed by atoms with E-state index in [4.69, 9.17) is 5.84 Å². The maximum Gasteiger partial charge on any atom is 0.141 e. The van der Waals surface area contributed by atoms with Gasteiger partial charge in [-0.05, 0) is 35.4 Å². The van der Waals surface area contributed by atoms with E-state index in [1.54, 1.807) is 0 Å². The summed E-state index contributed by atoms with van der Waals surface area (Å²) >= 11 is 3.51. The molecule has 0 radical (unpaired) electrons. The van der Waals surface area contributed by atoms with Gasteiger partial charge in [-0.15, -0.1) is 0 Å². The Kier molecular flexibility index (Phi) is 3.19. The number of hydrogen-bond donors (Lipinski definition) is 2. The Bertz CT molecular complexity index is 726. The quantitative estimate of drug-likeness (QED) is 0.556. The standard InChI is InChI=1S/C15H12BrN3/c16-11-6-7-14-13(8-11)12(9-15(18-14)19-17)10-4-2-1-3-5-10/h1-9H,17H2,(H,18,19). The number of benzene rings is 2. The molecular weight excluding hydrogens is 302 g/mol. The van der Waals surface area contributed by atoms with Gasteiger partial charge in [0.2, 0.25) is 0 Å². The SMILES string of the molecule is NNc1cc(-c2ccccc2)c2cc(Br)ccc2n1. The molecule has 0 bridgehead atoms. The van der Waals surface area contributed by atoms with Gasteiger partial charge in [0.15, 0.2) is 0 Å². The molecule has 19 heavy (non-hydrogen) atoms. The van der Waals surface area contributed by atoms with Crippen molar-refractivity contribution in [2.45, 2.75) is 0 Å². The highest BCUT2D eigenvalue weighted by Crippen LogP contribution is 2.31. The number of nitrogens with two attached hydrogens (primary N) is 1. The van der Waals surface area contributed by atoms with Crippen molar-refractivity contribution in [2.24, 2.45) is 5.84 Å². The summed E-state index contributed by atoms with van der Waals surface area (Å²) in [5.74, 6) is 6.16. The minimum Gasteiger partial charge on any atom is -0.308 e. The van der Waals surface area contributed by atoms with E-state index in [-0.39, 0.29) is 0 Å². The van der Waals surface area contributed by atoms with Gasteiger partial charge in [0.05, 0.1) is 5.52 Å². The third-order valence-corrected chi connectivity index (χ3v) is 3.50. The predicted octanol–water partition coefficient (Wildman–Crippen LogP) is 3.95. The topological polar surface area (TPSA) is 50.9 Å². The minimum absolute atomic E-state index is 0.661. The molecule has 3 N–H and O–H groups in total. The lowest BCUT2D eigenvalue weighted by Gasteiger charge is -2.10. The van der Waals surface area contributed by atoms with Crippen LogP contribution < -0.4 is 11.3 Å². The highest BCUT2D eigenvalue weighted by Gasteiger charge is 2.07. The maximum atomic E-state index is 5.50. The highest BCUT2D eigenvalue weighted by molar-refractivity contribution is 9.10. The number of nitrogens with one attached hydrogen (secondary N) is 1. The van der Waals surface area contributed by atoms with Crippen molar-refractivity contribution in [3.05, 3.63) is 59.1 Å². The Balaban J connectivity index is 2.35. The normalized spacial score (nSPS) is 10.6. The van der Waals surface area contributed by atoms with E-state index >= 15 is 0 Å². The van der Waals surface area contributed by atoms with Crippen molar-refractivity contribution >= 4 is 32.7 Å². The summed E-state index contributed by atoms with van der Waals surface area (Å²) in [6.45, 7) is 0. The number of nitrogen functional groups attached to an aromatic ring is 1. The first-order valence-electron chi connectivity index (χ1n) is 5.90. The Morgan fingerprint density at radius 1 is 1.00 bits per heavy atom. The van der Waals surface area contributed by atoms with Gasteiger partial charge >= 0.3 is 0 Å². The van der Waals surface area contributed by atoms with Crippen LogP contribution in [0, 0.1) is 0 Å². The van der Waals surface area contributed by atoms with Crippen LogP contribution in [0.4, 0.5) is 5.82 Å². The molecule has 2 aromatic carbocycles. The van der Waals surface area contributed by atoms with E-state index in [0.29, 0.717) is 5.82 Å². The average Bonchev–Trinajstić information content (AvgIpc) is 2.47. The molecule has 0 aliphatic carbocycles. The Morgan fingerprint density at radius 2 is 1.79 bits per heavy atom. The fourth-order valence-corrected chi connectivity index (χ4v) is 2.49. The molecule has 3 aromatic rings. The number of pyridine rings is 1. The summed E-state index contributed by atoms with van der Waals surface area (Å²) < 4.78 is 1.03. The average molecular weight is 314 g/mol. The van der Waals surface area contributed by atoms with Crippen molar-refractivity contribution in [1.29, 1.82) is 0 Å². The summed E-state index contributed by atoms with van der Waals surface area (Å²) in [7, 11) is 0. The highest BCUT2D eigenvalue weighted by atomic mass is 79.9. The lowest BCUT2D eigenvalue weighted by molar-refractivity contribution is 1.26. The van der Waals surface area contributed by atoms with Gasteiger partial charge in [-0.3, -0.25) is 0 Å². The number of halogens is 1. The summed E-state index contributed by atoms with van der Waals surface area (Å²) in [4.78, 5) is 4.46. The van der Waals surface area contributed by atoms with Crippen molar-refractivity contribution < 1.29 is 0 Å². The van der Waals surface area contributed by atoms with Crippen molar-refractivity contribution in [3.63, 3.8) is 0 Å². The van der Waals surface area contributed by atoms with Gasteiger partial charge in [-0.25, -0.2) is 10.8 Å². The number of anilines is 1. The van der Waals surface area contributed by atoms with E-state index < -0.39 is 0 Å². The lowest BCUT2D eigenvalue weighted by atomic mass is 10.0. The minimum atomic E-state index is 0.661. The van der Waals surface area contributed by atoms with E-state index in [9.17, 15) is 0 Å². The Morgan fingerprint density at radius 3 is 2.53 bits per heavy atom. The van der Waals surface area contributed by atoms with Crippen LogP contribution >= 0.6 is 15.9 Å². The molecule has 0 unspecified atom stereocenters. The van der Waals surface area contributed by atoms with Crippen molar-refractivity contribution in [2.75, 3.05) is 5.43 Å². The second kappa shape index (κ2) is 4.99. The molecule has 0 saturated carbocycles. The van der Waals surface area contributed by atoms with Gasteiger partial charge in [-0.2, -0.15) is 0 Å². The zero-order valence-electron chi connectivity index (χ0n) is 10.1. The molecule has 3 rings (SSSR count).